The molecule has 0 fully saturated rings. The van der Waals surface area contributed by atoms with Crippen LogP contribution < -0.4 is 0 Å². The highest BCUT2D eigenvalue weighted by Gasteiger charge is 2.73. The quantitative estimate of drug-likeness (QED) is 0.591. The second kappa shape index (κ2) is 4.56. The van der Waals surface area contributed by atoms with Crippen LogP contribution in [0, 0.1) is 0 Å². The molecule has 1 atom stereocenters. The molecule has 0 saturated carbocycles. The molecule has 2 nitrogen and oxygen atoms in total. The van der Waals surface area contributed by atoms with Crippen molar-refractivity contribution in [3.05, 3.63) is 0 Å². The maximum absolute atomic E-state index is 12.8. The van der Waals surface area contributed by atoms with E-state index in [1.54, 1.807) is 6.92 Å². The lowest BCUT2D eigenvalue weighted by atomic mass is 10.2. The van der Waals surface area contributed by atoms with Crippen molar-refractivity contribution in [1.29, 1.82) is 0 Å². The van der Waals surface area contributed by atoms with Gasteiger partial charge in [0, 0.05) is 0 Å². The molecule has 8 heteroatoms. The Kier molecular flexibility index (Phi) is 4.41. The minimum absolute atomic E-state index is 0.0299. The van der Waals surface area contributed by atoms with Gasteiger partial charge in [-0.3, -0.25) is 0 Å². The lowest BCUT2D eigenvalue weighted by Crippen LogP contribution is -2.57. The SMILES string of the molecule is CCCCOC(F)(C(O)(F)F)C(F)(F)F. The van der Waals surface area contributed by atoms with Gasteiger partial charge in [-0.15, -0.1) is 0 Å². The molecule has 0 aliphatic carbocycles. The van der Waals surface area contributed by atoms with Gasteiger partial charge in [-0.05, 0) is 6.42 Å². The van der Waals surface area contributed by atoms with Gasteiger partial charge >= 0.3 is 18.1 Å². The Morgan fingerprint density at radius 2 is 1.53 bits per heavy atom. The number of aliphatic hydroxyl groups is 1. The highest BCUT2D eigenvalue weighted by Crippen LogP contribution is 2.44. The first-order valence-corrected chi connectivity index (χ1v) is 4.06. The Hall–Kier alpha value is -0.500. The number of halogens is 6. The first-order chi connectivity index (χ1) is 6.56. The van der Waals surface area contributed by atoms with Crippen LogP contribution in [0.2, 0.25) is 0 Å². The van der Waals surface area contributed by atoms with Crippen molar-refractivity contribution < 1.29 is 36.2 Å². The highest BCUT2D eigenvalue weighted by atomic mass is 19.4. The first-order valence-electron chi connectivity index (χ1n) is 4.06. The average Bonchev–Trinajstić information content (AvgIpc) is 2.00. The Morgan fingerprint density at radius 3 is 1.80 bits per heavy atom. The van der Waals surface area contributed by atoms with Gasteiger partial charge in [-0.1, -0.05) is 13.3 Å². The lowest BCUT2D eigenvalue weighted by Gasteiger charge is -2.30. The summed E-state index contributed by atoms with van der Waals surface area (Å²) < 4.78 is 75.9. The molecule has 1 unspecified atom stereocenters. The Morgan fingerprint density at radius 1 is 1.07 bits per heavy atom. The van der Waals surface area contributed by atoms with Gasteiger partial charge in [0.2, 0.25) is 0 Å². The fourth-order valence-corrected chi connectivity index (χ4v) is 0.696. The predicted octanol–water partition coefficient (Wildman–Crippen LogP) is 2.62. The monoisotopic (exact) mass is 240 g/mol. The van der Waals surface area contributed by atoms with Crippen LogP contribution in [0.3, 0.4) is 0 Å². The molecule has 0 amide bonds. The average molecular weight is 240 g/mol. The van der Waals surface area contributed by atoms with Crippen molar-refractivity contribution in [1.82, 2.24) is 0 Å². The number of ether oxygens (including phenoxy) is 1. The summed E-state index contributed by atoms with van der Waals surface area (Å²) in [5, 5.41) is 7.82. The summed E-state index contributed by atoms with van der Waals surface area (Å²) >= 11 is 0. The molecule has 15 heavy (non-hydrogen) atoms. The zero-order chi connectivity index (χ0) is 12.3. The van der Waals surface area contributed by atoms with Crippen LogP contribution in [0.5, 0.6) is 0 Å². The van der Waals surface area contributed by atoms with Gasteiger partial charge in [0.1, 0.15) is 0 Å². The summed E-state index contributed by atoms with van der Waals surface area (Å²) in [6.07, 6.45) is -11.3. The molecule has 0 aliphatic heterocycles. The van der Waals surface area contributed by atoms with E-state index in [4.69, 9.17) is 5.11 Å². The lowest BCUT2D eigenvalue weighted by molar-refractivity contribution is -0.449. The third-order valence-corrected chi connectivity index (χ3v) is 1.55. The molecule has 0 aromatic heterocycles. The molecule has 0 aliphatic rings. The van der Waals surface area contributed by atoms with E-state index in [1.165, 1.54) is 0 Å². The third kappa shape index (κ3) is 3.23. The molecule has 0 aromatic rings. The summed E-state index contributed by atoms with van der Waals surface area (Å²) in [4.78, 5) is 0. The molecular weight excluding hydrogens is 230 g/mol. The van der Waals surface area contributed by atoms with Crippen LogP contribution in [-0.2, 0) is 4.74 Å². The van der Waals surface area contributed by atoms with Gasteiger partial charge in [-0.25, -0.2) is 0 Å². The van der Waals surface area contributed by atoms with Crippen molar-refractivity contribution in [2.45, 2.75) is 37.9 Å². The molecule has 0 bridgehead atoms. The predicted molar refractivity (Wildman–Crippen MR) is 37.9 cm³/mol. The standard InChI is InChI=1S/C7H10F6O2/c1-2-3-4-15-5(8,6(9,10)11)7(12,13)14/h14H,2-4H2,1H3. The Labute approximate surface area is 81.8 Å². The minimum atomic E-state index is -6.00. The highest BCUT2D eigenvalue weighted by molar-refractivity contribution is 4.85. The van der Waals surface area contributed by atoms with Crippen LogP contribution in [0.15, 0.2) is 0 Å². The normalized spacial score (nSPS) is 17.6. The van der Waals surface area contributed by atoms with E-state index in [0.29, 0.717) is 6.42 Å². The van der Waals surface area contributed by atoms with E-state index in [1.807, 2.05) is 0 Å². The number of alkyl halides is 6. The van der Waals surface area contributed by atoms with Crippen LogP contribution in [0.1, 0.15) is 19.8 Å². The summed E-state index contributed by atoms with van der Waals surface area (Å²) in [6, 6.07) is 0. The zero-order valence-electron chi connectivity index (χ0n) is 7.74. The Bertz CT molecular complexity index is 183. The second-order valence-electron chi connectivity index (χ2n) is 2.84. The van der Waals surface area contributed by atoms with Gasteiger partial charge < -0.3 is 9.84 Å². The molecule has 0 spiro atoms. The molecule has 0 aromatic carbocycles. The molecule has 0 radical (unpaired) electrons. The molecule has 92 valence electrons. The third-order valence-electron chi connectivity index (χ3n) is 1.55. The molecule has 0 rings (SSSR count). The van der Waals surface area contributed by atoms with E-state index in [-0.39, 0.29) is 6.42 Å². The van der Waals surface area contributed by atoms with E-state index >= 15 is 0 Å². The van der Waals surface area contributed by atoms with Crippen molar-refractivity contribution in [3.63, 3.8) is 0 Å². The minimum Gasteiger partial charge on any atom is -0.332 e. The van der Waals surface area contributed by atoms with Crippen molar-refractivity contribution in [3.8, 4) is 0 Å². The largest absolute Gasteiger partial charge is 0.457 e. The number of hydrogen-bond acceptors (Lipinski definition) is 2. The van der Waals surface area contributed by atoms with Crippen LogP contribution in [-0.4, -0.2) is 29.9 Å². The van der Waals surface area contributed by atoms with Crippen molar-refractivity contribution in [2.75, 3.05) is 6.61 Å². The summed E-state index contributed by atoms with van der Waals surface area (Å²) in [5.41, 5.74) is 0. The van der Waals surface area contributed by atoms with Gasteiger partial charge in [-0.2, -0.15) is 26.3 Å². The summed E-state index contributed by atoms with van der Waals surface area (Å²) in [6.45, 7) is 0.691. The first kappa shape index (κ1) is 14.5. The smallest absolute Gasteiger partial charge is 0.332 e. The fourth-order valence-electron chi connectivity index (χ4n) is 0.696. The van der Waals surface area contributed by atoms with Gasteiger partial charge in [0.05, 0.1) is 6.61 Å². The van der Waals surface area contributed by atoms with Crippen LogP contribution in [0.25, 0.3) is 0 Å². The number of unbranched alkanes of at least 4 members (excludes halogenated alkanes) is 1. The molecular formula is C7H10F6O2. The van der Waals surface area contributed by atoms with Crippen LogP contribution in [0.4, 0.5) is 26.3 Å². The van der Waals surface area contributed by atoms with E-state index in [0.717, 1.165) is 0 Å². The van der Waals surface area contributed by atoms with Gasteiger partial charge in [0.25, 0.3) is 0 Å². The van der Waals surface area contributed by atoms with E-state index < -0.39 is 24.7 Å². The maximum atomic E-state index is 12.8. The van der Waals surface area contributed by atoms with Gasteiger partial charge in [0.15, 0.2) is 0 Å². The topological polar surface area (TPSA) is 29.5 Å². The fraction of sp³-hybridized carbons (Fsp3) is 1.00. The molecule has 1 N–H and O–H groups in total. The number of hydrogen-bond donors (Lipinski definition) is 1. The van der Waals surface area contributed by atoms with Crippen molar-refractivity contribution >= 4 is 0 Å². The summed E-state index contributed by atoms with van der Waals surface area (Å²) in [5.74, 6) is -5.35. The summed E-state index contributed by atoms with van der Waals surface area (Å²) in [7, 11) is 0. The number of rotatable bonds is 5. The maximum Gasteiger partial charge on any atom is 0.457 e. The van der Waals surface area contributed by atoms with Crippen molar-refractivity contribution in [2.24, 2.45) is 0 Å². The van der Waals surface area contributed by atoms with E-state index in [9.17, 15) is 26.3 Å². The van der Waals surface area contributed by atoms with E-state index in [2.05, 4.69) is 4.74 Å². The van der Waals surface area contributed by atoms with Crippen LogP contribution >= 0.6 is 0 Å². The molecule has 0 heterocycles. The Balaban J connectivity index is 4.74. The molecule has 0 saturated heterocycles. The zero-order valence-corrected chi connectivity index (χ0v) is 7.74. The second-order valence-corrected chi connectivity index (χ2v) is 2.84.